The lowest BCUT2D eigenvalue weighted by Gasteiger charge is -2.41. The van der Waals surface area contributed by atoms with Crippen LogP contribution in [0.3, 0.4) is 0 Å². The predicted molar refractivity (Wildman–Crippen MR) is 60.2 cm³/mol. The van der Waals surface area contributed by atoms with E-state index in [1.807, 2.05) is 0 Å². The molecule has 14 heavy (non-hydrogen) atoms. The van der Waals surface area contributed by atoms with Crippen molar-refractivity contribution in [1.82, 2.24) is 21.7 Å². The molecule has 2 rings (SSSR count). The maximum atomic E-state index is 4.97. The van der Waals surface area contributed by atoms with Crippen LogP contribution < -0.4 is 21.7 Å². The SMILES string of the molecule is S=C1NNC2(CCCCCCC2)NN1. The van der Waals surface area contributed by atoms with E-state index in [0.717, 1.165) is 12.8 Å². The average Bonchev–Trinajstić information content (AvgIpc) is 2.16. The molecule has 1 spiro atoms. The number of nitrogens with one attached hydrogen (secondary N) is 4. The number of thiocarbonyl (C=S) groups is 1. The summed E-state index contributed by atoms with van der Waals surface area (Å²) in [5.74, 6) is 0. The Morgan fingerprint density at radius 1 is 0.857 bits per heavy atom. The molecule has 1 aliphatic heterocycles. The van der Waals surface area contributed by atoms with Crippen LogP contribution in [-0.4, -0.2) is 10.8 Å². The molecule has 2 aliphatic rings. The van der Waals surface area contributed by atoms with E-state index in [-0.39, 0.29) is 5.66 Å². The van der Waals surface area contributed by atoms with Crippen molar-refractivity contribution in [2.24, 2.45) is 0 Å². The van der Waals surface area contributed by atoms with Crippen molar-refractivity contribution in [3.8, 4) is 0 Å². The fourth-order valence-corrected chi connectivity index (χ4v) is 2.28. The van der Waals surface area contributed by atoms with E-state index in [4.69, 9.17) is 12.2 Å². The van der Waals surface area contributed by atoms with Crippen LogP contribution >= 0.6 is 12.2 Å². The molecule has 0 bridgehead atoms. The summed E-state index contributed by atoms with van der Waals surface area (Å²) in [5.41, 5.74) is 12.6. The van der Waals surface area contributed by atoms with E-state index in [0.29, 0.717) is 5.11 Å². The van der Waals surface area contributed by atoms with Gasteiger partial charge in [-0.15, -0.1) is 0 Å². The average molecular weight is 214 g/mol. The molecule has 0 unspecified atom stereocenters. The van der Waals surface area contributed by atoms with Crippen molar-refractivity contribution < 1.29 is 0 Å². The lowest BCUT2D eigenvalue weighted by atomic mass is 9.92. The second-order valence-corrected chi connectivity index (χ2v) is 4.59. The molecule has 2 fully saturated rings. The van der Waals surface area contributed by atoms with Gasteiger partial charge in [-0.25, -0.2) is 10.9 Å². The van der Waals surface area contributed by atoms with Crippen LogP contribution in [0, 0.1) is 0 Å². The molecular weight excluding hydrogens is 196 g/mol. The van der Waals surface area contributed by atoms with Gasteiger partial charge in [0.05, 0.1) is 0 Å². The van der Waals surface area contributed by atoms with Crippen LogP contribution in [-0.2, 0) is 0 Å². The van der Waals surface area contributed by atoms with Gasteiger partial charge < -0.3 is 0 Å². The Morgan fingerprint density at radius 3 is 1.93 bits per heavy atom. The van der Waals surface area contributed by atoms with Crippen molar-refractivity contribution in [2.45, 2.75) is 50.6 Å². The molecule has 0 aromatic rings. The molecule has 1 heterocycles. The van der Waals surface area contributed by atoms with Crippen LogP contribution in [0.2, 0.25) is 0 Å². The van der Waals surface area contributed by atoms with Crippen LogP contribution in [0.4, 0.5) is 0 Å². The third-order valence-corrected chi connectivity index (χ3v) is 3.24. The van der Waals surface area contributed by atoms with Gasteiger partial charge in [-0.3, -0.25) is 10.9 Å². The van der Waals surface area contributed by atoms with E-state index < -0.39 is 0 Å². The fourth-order valence-electron chi connectivity index (χ4n) is 2.17. The van der Waals surface area contributed by atoms with Gasteiger partial charge in [0, 0.05) is 0 Å². The van der Waals surface area contributed by atoms with Crippen molar-refractivity contribution in [3.05, 3.63) is 0 Å². The number of rotatable bonds is 0. The van der Waals surface area contributed by atoms with Crippen molar-refractivity contribution >= 4 is 17.3 Å². The van der Waals surface area contributed by atoms with Crippen molar-refractivity contribution in [1.29, 1.82) is 0 Å². The van der Waals surface area contributed by atoms with Gasteiger partial charge in [0.15, 0.2) is 5.11 Å². The zero-order valence-electron chi connectivity index (χ0n) is 8.36. The topological polar surface area (TPSA) is 48.1 Å². The highest BCUT2D eigenvalue weighted by Gasteiger charge is 2.32. The first-order valence-electron chi connectivity index (χ1n) is 5.41. The molecule has 4 nitrogen and oxygen atoms in total. The van der Waals surface area contributed by atoms with E-state index in [9.17, 15) is 0 Å². The monoisotopic (exact) mass is 214 g/mol. The summed E-state index contributed by atoms with van der Waals surface area (Å²) < 4.78 is 0. The predicted octanol–water partition coefficient (Wildman–Crippen LogP) is 0.914. The lowest BCUT2D eigenvalue weighted by Crippen LogP contribution is -2.73. The van der Waals surface area contributed by atoms with E-state index >= 15 is 0 Å². The minimum atomic E-state index is 0.00271. The quantitative estimate of drug-likeness (QED) is 0.452. The van der Waals surface area contributed by atoms with E-state index in [1.54, 1.807) is 0 Å². The Morgan fingerprint density at radius 2 is 1.36 bits per heavy atom. The standard InChI is InChI=1S/C9H18N4S/c14-8-10-12-9(13-11-8)6-4-2-1-3-5-7-9/h12-13H,1-7H2,(H2,10,11,14). The molecule has 1 saturated carbocycles. The molecule has 0 aromatic carbocycles. The summed E-state index contributed by atoms with van der Waals surface area (Å²) >= 11 is 4.97. The number of hydrazine groups is 2. The van der Waals surface area contributed by atoms with Gasteiger partial charge in [-0.1, -0.05) is 32.1 Å². The molecular formula is C9H18N4S. The zero-order chi connectivity index (χ0) is 9.86. The first kappa shape index (κ1) is 10.1. The molecule has 0 radical (unpaired) electrons. The van der Waals surface area contributed by atoms with Crippen LogP contribution in [0.1, 0.15) is 44.9 Å². The van der Waals surface area contributed by atoms with Gasteiger partial charge >= 0.3 is 0 Å². The largest absolute Gasteiger partial charge is 0.295 e. The Balaban J connectivity index is 1.94. The Hall–Kier alpha value is -0.390. The highest BCUT2D eigenvalue weighted by Crippen LogP contribution is 2.23. The molecule has 5 heteroatoms. The van der Waals surface area contributed by atoms with Gasteiger partial charge in [0.1, 0.15) is 5.66 Å². The molecule has 0 amide bonds. The first-order valence-corrected chi connectivity index (χ1v) is 5.82. The molecule has 1 saturated heterocycles. The summed E-state index contributed by atoms with van der Waals surface area (Å²) in [7, 11) is 0. The van der Waals surface area contributed by atoms with Gasteiger partial charge in [0.2, 0.25) is 0 Å². The maximum absolute atomic E-state index is 4.97. The lowest BCUT2D eigenvalue weighted by molar-refractivity contribution is 0.156. The van der Waals surface area contributed by atoms with Crippen LogP contribution in [0.25, 0.3) is 0 Å². The summed E-state index contributed by atoms with van der Waals surface area (Å²) in [5, 5.41) is 0.623. The summed E-state index contributed by atoms with van der Waals surface area (Å²) in [4.78, 5) is 0. The molecule has 0 atom stereocenters. The van der Waals surface area contributed by atoms with Crippen molar-refractivity contribution in [2.75, 3.05) is 0 Å². The zero-order valence-corrected chi connectivity index (χ0v) is 9.17. The van der Waals surface area contributed by atoms with Gasteiger partial charge in [0.25, 0.3) is 0 Å². The number of hydrogen-bond acceptors (Lipinski definition) is 3. The van der Waals surface area contributed by atoms with Crippen LogP contribution in [0.15, 0.2) is 0 Å². The third kappa shape index (κ3) is 2.34. The summed E-state index contributed by atoms with van der Waals surface area (Å²) in [6, 6.07) is 0. The van der Waals surface area contributed by atoms with E-state index in [2.05, 4.69) is 21.7 Å². The second-order valence-electron chi connectivity index (χ2n) is 4.18. The minimum Gasteiger partial charge on any atom is -0.295 e. The Labute approximate surface area is 90.1 Å². The molecule has 4 N–H and O–H groups in total. The van der Waals surface area contributed by atoms with E-state index in [1.165, 1.54) is 32.1 Å². The summed E-state index contributed by atoms with van der Waals surface area (Å²) in [6.45, 7) is 0. The summed E-state index contributed by atoms with van der Waals surface area (Å²) in [6.07, 6.45) is 8.91. The molecule has 0 aromatic heterocycles. The third-order valence-electron chi connectivity index (χ3n) is 3.04. The highest BCUT2D eigenvalue weighted by atomic mass is 32.1. The molecule has 1 aliphatic carbocycles. The second kappa shape index (κ2) is 4.42. The fraction of sp³-hybridized carbons (Fsp3) is 0.889. The molecule has 80 valence electrons. The highest BCUT2D eigenvalue weighted by molar-refractivity contribution is 7.80. The Bertz CT molecular complexity index is 199. The smallest absolute Gasteiger partial charge is 0.195 e. The van der Waals surface area contributed by atoms with Crippen molar-refractivity contribution in [3.63, 3.8) is 0 Å². The van der Waals surface area contributed by atoms with Crippen LogP contribution in [0.5, 0.6) is 0 Å². The number of hydrogen-bond donors (Lipinski definition) is 4. The Kier molecular flexibility index (Phi) is 3.20. The normalized spacial score (nSPS) is 27.3. The van der Waals surface area contributed by atoms with Gasteiger partial charge in [-0.05, 0) is 25.1 Å². The first-order chi connectivity index (χ1) is 6.81. The minimum absolute atomic E-state index is 0.00271. The maximum Gasteiger partial charge on any atom is 0.195 e. The van der Waals surface area contributed by atoms with Gasteiger partial charge in [-0.2, -0.15) is 0 Å².